The lowest BCUT2D eigenvalue weighted by molar-refractivity contribution is -0.0468. The Labute approximate surface area is 679 Å². The molecule has 4 unspecified atom stereocenters. The molecule has 14 rings (SSSR count). The zero-order valence-corrected chi connectivity index (χ0v) is 79.7. The highest BCUT2D eigenvalue weighted by Gasteiger charge is 2.45. The highest BCUT2D eigenvalue weighted by Crippen LogP contribution is 2.56. The maximum atomic E-state index is 5.96. The van der Waals surface area contributed by atoms with Gasteiger partial charge in [-0.2, -0.15) is 0 Å². The summed E-state index contributed by atoms with van der Waals surface area (Å²) in [5, 5.41) is 0. The number of rotatable bonds is 7. The predicted molar refractivity (Wildman–Crippen MR) is 484 cm³/mol. The maximum absolute atomic E-state index is 5.96. The van der Waals surface area contributed by atoms with Gasteiger partial charge in [-0.25, -0.2) is 0 Å². The van der Waals surface area contributed by atoms with Crippen LogP contribution >= 0.6 is 0 Å². The van der Waals surface area contributed by atoms with Crippen molar-refractivity contribution in [2.45, 2.75) is 533 Å². The molecule has 11 saturated carbocycles. The molecule has 3 saturated heterocycles. The molecule has 3 aliphatic heterocycles. The van der Waals surface area contributed by atoms with Gasteiger partial charge in [0.2, 0.25) is 0 Å². The third kappa shape index (κ3) is 36.5. The summed E-state index contributed by atoms with van der Waals surface area (Å²) >= 11 is 0. The third-order valence-corrected chi connectivity index (χ3v) is 31.3. The zero-order valence-electron chi connectivity index (χ0n) is 79.7. The lowest BCUT2D eigenvalue weighted by Gasteiger charge is -2.45. The molecule has 107 heavy (non-hydrogen) atoms. The number of hydrogen-bond donors (Lipinski definition) is 0. The molecule has 642 valence electrons. The molecule has 0 radical (unpaired) electrons. The zero-order chi connectivity index (χ0) is 80.6. The van der Waals surface area contributed by atoms with Gasteiger partial charge in [0.1, 0.15) is 0 Å². The lowest BCUT2D eigenvalue weighted by Crippen LogP contribution is -2.36. The summed E-state index contributed by atoms with van der Waals surface area (Å²) in [7, 11) is 0. The molecule has 7 spiro atoms. The summed E-state index contributed by atoms with van der Waals surface area (Å²) in [4.78, 5) is 0. The molecule has 0 N–H and O–H groups in total. The van der Waals surface area contributed by atoms with Gasteiger partial charge in [-0.15, -0.1) is 0 Å². The van der Waals surface area contributed by atoms with E-state index in [1.54, 1.807) is 103 Å². The lowest BCUT2D eigenvalue weighted by atomic mass is 9.61. The van der Waals surface area contributed by atoms with Crippen LogP contribution in [-0.2, 0) is 14.2 Å². The summed E-state index contributed by atoms with van der Waals surface area (Å²) < 4.78 is 17.4. The molecular formula is C104H208O3. The second-order valence-electron chi connectivity index (χ2n) is 39.7. The Bertz CT molecular complexity index is 1800. The predicted octanol–water partition coefficient (Wildman–Crippen LogP) is 35.5. The van der Waals surface area contributed by atoms with Crippen molar-refractivity contribution in [3.63, 3.8) is 0 Å². The normalized spacial score (nSPS) is 29.3. The van der Waals surface area contributed by atoms with E-state index >= 15 is 0 Å². The molecule has 14 aliphatic rings. The molecule has 0 aromatic rings. The van der Waals surface area contributed by atoms with Crippen molar-refractivity contribution in [1.82, 2.24) is 0 Å². The van der Waals surface area contributed by atoms with Gasteiger partial charge >= 0.3 is 0 Å². The van der Waals surface area contributed by atoms with Crippen molar-refractivity contribution in [1.29, 1.82) is 0 Å². The molecule has 11 aliphatic carbocycles. The van der Waals surface area contributed by atoms with Crippen LogP contribution in [-0.4, -0.2) is 37.6 Å². The van der Waals surface area contributed by atoms with E-state index in [9.17, 15) is 0 Å². The fourth-order valence-electron chi connectivity index (χ4n) is 23.7. The van der Waals surface area contributed by atoms with Crippen LogP contribution in [0.1, 0.15) is 521 Å². The summed E-state index contributed by atoms with van der Waals surface area (Å²) in [6, 6.07) is 0. The minimum absolute atomic E-state index is 0.327. The van der Waals surface area contributed by atoms with E-state index in [-0.39, 0.29) is 0 Å². The first-order chi connectivity index (χ1) is 51.5. The maximum Gasteiger partial charge on any atom is 0.0686 e. The number of ether oxygens (including phenoxy) is 3. The largest absolute Gasteiger partial charge is 0.381 e. The molecule has 3 nitrogen and oxygen atoms in total. The smallest absolute Gasteiger partial charge is 0.0686 e. The van der Waals surface area contributed by atoms with Crippen LogP contribution in [0.15, 0.2) is 0 Å². The summed E-state index contributed by atoms with van der Waals surface area (Å²) in [6.07, 6.45) is 75.5. The fraction of sp³-hybridized carbons (Fsp3) is 1.00. The molecular weight excluding hydrogens is 1300 g/mol. The summed E-state index contributed by atoms with van der Waals surface area (Å²) in [5.41, 5.74) is 4.58. The molecule has 3 heteroatoms. The van der Waals surface area contributed by atoms with Crippen LogP contribution < -0.4 is 0 Å². The van der Waals surface area contributed by atoms with Crippen LogP contribution in [0, 0.1) is 110 Å². The van der Waals surface area contributed by atoms with Crippen molar-refractivity contribution in [2.24, 2.45) is 110 Å². The first-order valence-corrected chi connectivity index (χ1v) is 50.4. The van der Waals surface area contributed by atoms with E-state index in [1.807, 2.05) is 96.9 Å². The van der Waals surface area contributed by atoms with Crippen molar-refractivity contribution >= 4 is 0 Å². The molecule has 0 amide bonds. The van der Waals surface area contributed by atoms with Gasteiger partial charge < -0.3 is 14.2 Å². The van der Waals surface area contributed by atoms with E-state index in [0.717, 1.165) is 131 Å². The SMILES string of the molecule is CC.CC.CC.CC.CC.CC.CC.CC(C)C1CCC2(CCCC2)CC1.CC(C)C1CCC2(CCCCC2)CC1.CC(C)C1CCC2(CCCO2)CC1.CC(C)C1CCC2(CCOC2)CC1.CC(C)C1CCCC2(CCCC2)C1.CC(C)C1CCCC2(CCCCC2)C1.CC(C)C1CCCC2(CCCO2)C1. The molecule has 0 aromatic heterocycles. The Balaban J connectivity index is 0.000000607. The minimum atomic E-state index is 0.327. The van der Waals surface area contributed by atoms with Gasteiger partial charge in [-0.1, -0.05) is 290 Å². The van der Waals surface area contributed by atoms with Gasteiger partial charge in [0.15, 0.2) is 0 Å². The van der Waals surface area contributed by atoms with Crippen molar-refractivity contribution in [3.05, 3.63) is 0 Å². The van der Waals surface area contributed by atoms with Crippen LogP contribution in [0.2, 0.25) is 0 Å². The summed E-state index contributed by atoms with van der Waals surface area (Å²) in [6.45, 7) is 65.6. The van der Waals surface area contributed by atoms with E-state index < -0.39 is 0 Å². The van der Waals surface area contributed by atoms with Crippen LogP contribution in [0.3, 0.4) is 0 Å². The van der Waals surface area contributed by atoms with Gasteiger partial charge in [0.05, 0.1) is 17.8 Å². The van der Waals surface area contributed by atoms with Crippen LogP contribution in [0.4, 0.5) is 0 Å². The highest BCUT2D eigenvalue weighted by atomic mass is 16.5. The Morgan fingerprint density at radius 3 is 0.710 bits per heavy atom. The molecule has 4 atom stereocenters. The van der Waals surface area contributed by atoms with Crippen molar-refractivity contribution < 1.29 is 14.2 Å². The Kier molecular flexibility index (Phi) is 56.7. The van der Waals surface area contributed by atoms with Gasteiger partial charge in [0, 0.05) is 19.8 Å². The van der Waals surface area contributed by atoms with Crippen LogP contribution in [0.5, 0.6) is 0 Å². The van der Waals surface area contributed by atoms with Crippen molar-refractivity contribution in [3.8, 4) is 0 Å². The first-order valence-electron chi connectivity index (χ1n) is 50.4. The standard InChI is InChI=1S/2C14H26.2C13H24.3C12H22O.7C2H6/c1-12(2)13-6-10-14(11-7-13)8-4-3-5-9-14;1-12(2)13-7-6-10-14(11-13)8-4-3-5-9-14;1-11(2)12-5-9-13(10-6-12)7-3-4-8-13;1-11(2)12-6-5-9-13(10-12)7-3-4-8-13;1-10(2)11-4-7-12(8-5-11)6-3-9-13-12;1-10(2)11-3-5-12(6-4-11)7-8-13-9-12;1-10(2)11-5-3-6-12(9-11)7-4-8-13-12;7*1-2/h2*12-13H,3-11H2,1-2H3;2*11-12H,3-10H2,1-2H3;3*10-11H,3-9H2,1-2H3;7*1-2H3. The van der Waals surface area contributed by atoms with Crippen molar-refractivity contribution in [2.75, 3.05) is 26.4 Å². The quantitative estimate of drug-likeness (QED) is 0.254. The molecule has 3 heterocycles. The highest BCUT2D eigenvalue weighted by molar-refractivity contribution is 4.96. The minimum Gasteiger partial charge on any atom is -0.381 e. The van der Waals surface area contributed by atoms with E-state index in [4.69, 9.17) is 14.2 Å². The average molecular weight is 1510 g/mol. The van der Waals surface area contributed by atoms with Gasteiger partial charge in [-0.3, -0.25) is 0 Å². The Morgan fingerprint density at radius 1 is 0.187 bits per heavy atom. The second-order valence-corrected chi connectivity index (χ2v) is 39.7. The summed E-state index contributed by atoms with van der Waals surface area (Å²) in [5.74, 6) is 13.4. The Hall–Kier alpha value is -0.120. The fourth-order valence-corrected chi connectivity index (χ4v) is 23.7. The number of hydrogen-bond acceptors (Lipinski definition) is 3. The average Bonchev–Trinajstić information content (AvgIpc) is 1.76. The molecule has 14 fully saturated rings. The van der Waals surface area contributed by atoms with Gasteiger partial charge in [-0.05, 0) is 341 Å². The van der Waals surface area contributed by atoms with E-state index in [1.165, 1.54) is 225 Å². The van der Waals surface area contributed by atoms with E-state index in [0.29, 0.717) is 16.6 Å². The first kappa shape index (κ1) is 105. The van der Waals surface area contributed by atoms with Gasteiger partial charge in [0.25, 0.3) is 0 Å². The third-order valence-electron chi connectivity index (χ3n) is 31.3. The molecule has 0 aromatic carbocycles. The monoisotopic (exact) mass is 1510 g/mol. The van der Waals surface area contributed by atoms with E-state index in [2.05, 4.69) is 96.9 Å². The topological polar surface area (TPSA) is 27.7 Å². The second kappa shape index (κ2) is 57.9. The van der Waals surface area contributed by atoms with Crippen LogP contribution in [0.25, 0.3) is 0 Å². The molecule has 0 bridgehead atoms. The Morgan fingerprint density at radius 2 is 0.430 bits per heavy atom.